The summed E-state index contributed by atoms with van der Waals surface area (Å²) in [4.78, 5) is 22.8. The highest BCUT2D eigenvalue weighted by atomic mass is 16.4. The van der Waals surface area contributed by atoms with Gasteiger partial charge in [-0.05, 0) is 18.2 Å². The number of oxazole rings is 1. The van der Waals surface area contributed by atoms with E-state index < -0.39 is 0 Å². The smallest absolute Gasteiger partial charge is 0.266 e. The van der Waals surface area contributed by atoms with Gasteiger partial charge in [-0.3, -0.25) is 14.7 Å². The lowest BCUT2D eigenvalue weighted by Crippen LogP contribution is -2.48. The SMILES string of the molecule is CC(C)c1cnc(CN2CC(Cn3nc(-c4ccncc4)ccc3=O)C2)o1. The van der Waals surface area contributed by atoms with Gasteiger partial charge in [-0.2, -0.15) is 5.10 Å². The van der Waals surface area contributed by atoms with Gasteiger partial charge in [-0.15, -0.1) is 0 Å². The number of hydrogen-bond acceptors (Lipinski definition) is 6. The number of rotatable bonds is 6. The van der Waals surface area contributed by atoms with Crippen molar-refractivity contribution in [1.29, 1.82) is 0 Å². The van der Waals surface area contributed by atoms with Crippen LogP contribution in [0.3, 0.4) is 0 Å². The van der Waals surface area contributed by atoms with Gasteiger partial charge in [-0.1, -0.05) is 13.8 Å². The predicted molar refractivity (Wildman–Crippen MR) is 101 cm³/mol. The lowest BCUT2D eigenvalue weighted by atomic mass is 10.0. The Labute approximate surface area is 157 Å². The van der Waals surface area contributed by atoms with Crippen molar-refractivity contribution in [2.45, 2.75) is 32.9 Å². The summed E-state index contributed by atoms with van der Waals surface area (Å²) < 4.78 is 7.33. The van der Waals surface area contributed by atoms with Gasteiger partial charge < -0.3 is 4.42 Å². The molecule has 3 aromatic heterocycles. The zero-order chi connectivity index (χ0) is 18.8. The first-order chi connectivity index (χ1) is 13.1. The van der Waals surface area contributed by atoms with Crippen LogP contribution in [0, 0.1) is 5.92 Å². The third-order valence-electron chi connectivity index (χ3n) is 4.81. The molecule has 0 radical (unpaired) electrons. The zero-order valence-corrected chi connectivity index (χ0v) is 15.6. The molecule has 1 fully saturated rings. The second-order valence-corrected chi connectivity index (χ2v) is 7.35. The number of likely N-dealkylation sites (tertiary alicyclic amines) is 1. The average Bonchev–Trinajstić information content (AvgIpc) is 3.11. The summed E-state index contributed by atoms with van der Waals surface area (Å²) in [6.45, 7) is 7.34. The lowest BCUT2D eigenvalue weighted by molar-refractivity contribution is 0.0676. The lowest BCUT2D eigenvalue weighted by Gasteiger charge is -2.38. The van der Waals surface area contributed by atoms with Gasteiger partial charge in [0.25, 0.3) is 5.56 Å². The summed E-state index contributed by atoms with van der Waals surface area (Å²) in [6, 6.07) is 7.13. The van der Waals surface area contributed by atoms with Crippen LogP contribution < -0.4 is 5.56 Å². The van der Waals surface area contributed by atoms with E-state index >= 15 is 0 Å². The van der Waals surface area contributed by atoms with Gasteiger partial charge in [0.1, 0.15) is 5.76 Å². The maximum Gasteiger partial charge on any atom is 0.266 e. The van der Waals surface area contributed by atoms with Crippen molar-refractivity contribution in [1.82, 2.24) is 24.6 Å². The van der Waals surface area contributed by atoms with Crippen LogP contribution in [0.1, 0.15) is 31.4 Å². The molecule has 4 heterocycles. The summed E-state index contributed by atoms with van der Waals surface area (Å²) in [5, 5.41) is 4.52. The fraction of sp³-hybridized carbons (Fsp3) is 0.400. The molecule has 3 aromatic rings. The molecule has 0 amide bonds. The molecule has 0 N–H and O–H groups in total. The van der Waals surface area contributed by atoms with E-state index in [1.807, 2.05) is 18.3 Å². The second kappa shape index (κ2) is 7.44. The monoisotopic (exact) mass is 365 g/mol. The van der Waals surface area contributed by atoms with Gasteiger partial charge in [0.05, 0.1) is 25.0 Å². The first-order valence-electron chi connectivity index (χ1n) is 9.24. The van der Waals surface area contributed by atoms with E-state index in [1.165, 1.54) is 0 Å². The van der Waals surface area contributed by atoms with Gasteiger partial charge in [-0.25, -0.2) is 9.67 Å². The zero-order valence-electron chi connectivity index (χ0n) is 15.6. The topological polar surface area (TPSA) is 77.1 Å². The fourth-order valence-electron chi connectivity index (χ4n) is 3.28. The quantitative estimate of drug-likeness (QED) is 0.668. The first kappa shape index (κ1) is 17.6. The molecule has 1 aliphatic rings. The summed E-state index contributed by atoms with van der Waals surface area (Å²) in [7, 11) is 0. The van der Waals surface area contributed by atoms with Crippen molar-refractivity contribution in [3.8, 4) is 11.3 Å². The summed E-state index contributed by atoms with van der Waals surface area (Å²) >= 11 is 0. The summed E-state index contributed by atoms with van der Waals surface area (Å²) in [6.07, 6.45) is 5.26. The van der Waals surface area contributed by atoms with Gasteiger partial charge in [0.2, 0.25) is 5.89 Å². The molecule has 0 aliphatic carbocycles. The largest absolute Gasteiger partial charge is 0.444 e. The standard InChI is InChI=1S/C20H23N5O2/c1-14(2)18-9-22-19(27-18)13-24-10-15(11-24)12-25-20(26)4-3-17(23-25)16-5-7-21-8-6-16/h3-9,14-15H,10-13H2,1-2H3. The highest BCUT2D eigenvalue weighted by Gasteiger charge is 2.28. The Morgan fingerprint density at radius 2 is 1.96 bits per heavy atom. The van der Waals surface area contributed by atoms with E-state index in [0.29, 0.717) is 24.9 Å². The maximum absolute atomic E-state index is 12.2. The minimum absolute atomic E-state index is 0.0690. The van der Waals surface area contributed by atoms with Crippen LogP contribution in [0.5, 0.6) is 0 Å². The molecule has 27 heavy (non-hydrogen) atoms. The Morgan fingerprint density at radius 1 is 1.19 bits per heavy atom. The number of pyridine rings is 1. The molecule has 0 spiro atoms. The van der Waals surface area contributed by atoms with Crippen molar-refractivity contribution in [3.63, 3.8) is 0 Å². The van der Waals surface area contributed by atoms with E-state index in [-0.39, 0.29) is 5.56 Å². The normalized spacial score (nSPS) is 15.2. The van der Waals surface area contributed by atoms with Gasteiger partial charge in [0.15, 0.2) is 0 Å². The third kappa shape index (κ3) is 3.98. The second-order valence-electron chi connectivity index (χ2n) is 7.35. The Balaban J connectivity index is 1.36. The molecule has 0 saturated carbocycles. The van der Waals surface area contributed by atoms with E-state index in [0.717, 1.165) is 36.0 Å². The van der Waals surface area contributed by atoms with Crippen LogP contribution in [0.4, 0.5) is 0 Å². The van der Waals surface area contributed by atoms with Crippen LogP contribution in [-0.2, 0) is 13.1 Å². The Bertz CT molecular complexity index is 958. The summed E-state index contributed by atoms with van der Waals surface area (Å²) in [5.74, 6) is 2.43. The molecular formula is C20H23N5O2. The molecule has 1 aliphatic heterocycles. The average molecular weight is 365 g/mol. The first-order valence-corrected chi connectivity index (χ1v) is 9.24. The van der Waals surface area contributed by atoms with Crippen LogP contribution in [0.25, 0.3) is 11.3 Å². The number of nitrogens with zero attached hydrogens (tertiary/aromatic N) is 5. The molecule has 0 bridgehead atoms. The Kier molecular flexibility index (Phi) is 4.85. The number of hydrogen-bond donors (Lipinski definition) is 0. The van der Waals surface area contributed by atoms with Crippen molar-refractivity contribution in [2.75, 3.05) is 13.1 Å². The molecule has 140 valence electrons. The molecule has 7 nitrogen and oxygen atoms in total. The summed E-state index contributed by atoms with van der Waals surface area (Å²) in [5.41, 5.74) is 1.67. The van der Waals surface area contributed by atoms with Crippen LogP contribution in [-0.4, -0.2) is 37.7 Å². The van der Waals surface area contributed by atoms with Crippen molar-refractivity contribution >= 4 is 0 Å². The minimum atomic E-state index is -0.0690. The minimum Gasteiger partial charge on any atom is -0.444 e. The highest BCUT2D eigenvalue weighted by molar-refractivity contribution is 5.56. The molecule has 0 unspecified atom stereocenters. The molecular weight excluding hydrogens is 342 g/mol. The molecule has 1 saturated heterocycles. The molecule has 0 aromatic carbocycles. The molecule has 4 rings (SSSR count). The van der Waals surface area contributed by atoms with E-state index in [1.54, 1.807) is 29.2 Å². The third-order valence-corrected chi connectivity index (χ3v) is 4.81. The molecule has 0 atom stereocenters. The van der Waals surface area contributed by atoms with Crippen LogP contribution >= 0.6 is 0 Å². The van der Waals surface area contributed by atoms with E-state index in [2.05, 4.69) is 33.8 Å². The highest BCUT2D eigenvalue weighted by Crippen LogP contribution is 2.22. The maximum atomic E-state index is 12.2. The van der Waals surface area contributed by atoms with Gasteiger partial charge in [0, 0.05) is 48.9 Å². The van der Waals surface area contributed by atoms with Crippen molar-refractivity contribution < 1.29 is 4.42 Å². The fourth-order valence-corrected chi connectivity index (χ4v) is 3.28. The van der Waals surface area contributed by atoms with Gasteiger partial charge >= 0.3 is 0 Å². The number of aromatic nitrogens is 4. The van der Waals surface area contributed by atoms with Crippen molar-refractivity contribution in [3.05, 3.63) is 64.9 Å². The van der Waals surface area contributed by atoms with E-state index in [4.69, 9.17) is 4.42 Å². The Hall–Kier alpha value is -2.80. The molecule has 7 heteroatoms. The predicted octanol–water partition coefficient (Wildman–Crippen LogP) is 2.55. The van der Waals surface area contributed by atoms with Crippen molar-refractivity contribution in [2.24, 2.45) is 5.92 Å². The Morgan fingerprint density at radius 3 is 2.67 bits per heavy atom. The van der Waals surface area contributed by atoms with E-state index in [9.17, 15) is 4.79 Å². The van der Waals surface area contributed by atoms with Crippen LogP contribution in [0.2, 0.25) is 0 Å². The van der Waals surface area contributed by atoms with Crippen LogP contribution in [0.15, 0.2) is 52.1 Å².